The summed E-state index contributed by atoms with van der Waals surface area (Å²) >= 11 is 0. The van der Waals surface area contributed by atoms with Crippen LogP contribution in [0.5, 0.6) is 0 Å². The van der Waals surface area contributed by atoms with Gasteiger partial charge in [-0.1, -0.05) is 61.9 Å². The van der Waals surface area contributed by atoms with Crippen molar-refractivity contribution in [3.63, 3.8) is 0 Å². The van der Waals surface area contributed by atoms with Crippen molar-refractivity contribution in [2.45, 2.75) is 82.9 Å². The molecule has 4 aliphatic rings. The molecule has 2 aliphatic carbocycles. The van der Waals surface area contributed by atoms with Gasteiger partial charge in [-0.05, 0) is 51.0 Å². The summed E-state index contributed by atoms with van der Waals surface area (Å²) in [5, 5.41) is 12.3. The molecular weight excluding hydrogens is 536 g/mol. The second kappa shape index (κ2) is 10.1. The summed E-state index contributed by atoms with van der Waals surface area (Å²) in [6, 6.07) is 17.5. The molecule has 8 heteroatoms. The molecular formula is C34H38O8. The quantitative estimate of drug-likeness (QED) is 0.307. The molecule has 2 aromatic carbocycles. The first-order valence-electron chi connectivity index (χ1n) is 14.7. The Labute approximate surface area is 246 Å². The normalized spacial score (nSPS) is 39.0. The number of aliphatic hydroxyl groups is 1. The summed E-state index contributed by atoms with van der Waals surface area (Å²) in [7, 11) is 0. The Morgan fingerprint density at radius 2 is 1.50 bits per heavy atom. The highest BCUT2D eigenvalue weighted by molar-refractivity contribution is 5.90. The molecule has 0 aromatic heterocycles. The molecule has 2 aromatic rings. The molecule has 2 aliphatic heterocycles. The van der Waals surface area contributed by atoms with E-state index in [-0.39, 0.29) is 24.9 Å². The van der Waals surface area contributed by atoms with Crippen molar-refractivity contribution >= 4 is 17.9 Å². The highest BCUT2D eigenvalue weighted by Gasteiger charge is 2.75. The van der Waals surface area contributed by atoms with Crippen LogP contribution in [0.1, 0.15) is 74.1 Å². The lowest BCUT2D eigenvalue weighted by Gasteiger charge is -2.69. The van der Waals surface area contributed by atoms with Crippen LogP contribution in [0.4, 0.5) is 0 Å². The van der Waals surface area contributed by atoms with Crippen molar-refractivity contribution in [2.75, 3.05) is 6.61 Å². The maximum absolute atomic E-state index is 13.5. The van der Waals surface area contributed by atoms with Crippen LogP contribution in [0.25, 0.3) is 0 Å². The minimum absolute atomic E-state index is 0.0904. The smallest absolute Gasteiger partial charge is 0.338 e. The molecule has 2 heterocycles. The van der Waals surface area contributed by atoms with Crippen molar-refractivity contribution in [3.8, 4) is 0 Å². The number of hydrogen-bond acceptors (Lipinski definition) is 8. The second-order valence-electron chi connectivity index (χ2n) is 13.0. The third-order valence-electron chi connectivity index (χ3n) is 10.8. The molecule has 8 atom stereocenters. The fourth-order valence-electron chi connectivity index (χ4n) is 8.23. The van der Waals surface area contributed by atoms with E-state index in [1.165, 1.54) is 0 Å². The Balaban J connectivity index is 1.46. The molecule has 0 amide bonds. The number of benzene rings is 2. The minimum atomic E-state index is -1.26. The zero-order chi connectivity index (χ0) is 29.9. The number of hydrogen-bond donors (Lipinski definition) is 1. The number of ether oxygens (including phenoxy) is 4. The summed E-state index contributed by atoms with van der Waals surface area (Å²) in [4.78, 5) is 39.2. The SMILES string of the molecule is CC1=CC[C@@H](OC(=O)c2ccccc2)[C@H]2[C@@]1(C)[C@@H](OC(=O)c1ccccc1)[C@H](O)[C@]1(C)O[C@]3(CC[C@@]21C)COC(=O)C3. The highest BCUT2D eigenvalue weighted by Crippen LogP contribution is 2.68. The lowest BCUT2D eigenvalue weighted by atomic mass is 9.42. The lowest BCUT2D eigenvalue weighted by Crippen LogP contribution is -2.78. The largest absolute Gasteiger partial charge is 0.463 e. The monoisotopic (exact) mass is 574 g/mol. The van der Waals surface area contributed by atoms with E-state index in [2.05, 4.69) is 6.92 Å². The molecule has 0 radical (unpaired) electrons. The van der Waals surface area contributed by atoms with E-state index in [0.29, 0.717) is 30.4 Å². The topological polar surface area (TPSA) is 108 Å². The minimum Gasteiger partial charge on any atom is -0.463 e. The zero-order valence-corrected chi connectivity index (χ0v) is 24.5. The zero-order valence-electron chi connectivity index (χ0n) is 24.5. The van der Waals surface area contributed by atoms with Crippen LogP contribution in [-0.4, -0.2) is 59.1 Å². The lowest BCUT2D eigenvalue weighted by molar-refractivity contribution is -0.346. The molecule has 1 N–H and O–H groups in total. The number of carbonyl (C=O) groups is 3. The second-order valence-corrected chi connectivity index (χ2v) is 13.0. The number of carbonyl (C=O) groups excluding carboxylic acids is 3. The van der Waals surface area contributed by atoms with Gasteiger partial charge >= 0.3 is 17.9 Å². The Kier molecular flexibility index (Phi) is 6.85. The van der Waals surface area contributed by atoms with E-state index >= 15 is 0 Å². The van der Waals surface area contributed by atoms with Crippen molar-refractivity contribution in [3.05, 3.63) is 83.4 Å². The Morgan fingerprint density at radius 1 is 0.905 bits per heavy atom. The number of aliphatic hydroxyl groups excluding tert-OH is 1. The van der Waals surface area contributed by atoms with E-state index < -0.39 is 52.3 Å². The van der Waals surface area contributed by atoms with Gasteiger partial charge in [0.1, 0.15) is 36.1 Å². The van der Waals surface area contributed by atoms with Crippen LogP contribution in [0.3, 0.4) is 0 Å². The summed E-state index contributed by atoms with van der Waals surface area (Å²) in [6.45, 7) is 8.00. The number of rotatable bonds is 4. The van der Waals surface area contributed by atoms with Crippen LogP contribution >= 0.6 is 0 Å². The van der Waals surface area contributed by atoms with Gasteiger partial charge in [-0.15, -0.1) is 0 Å². The molecule has 42 heavy (non-hydrogen) atoms. The standard InChI is InChI=1S/C34H38O8/c1-21-15-16-24(40-29(37)22-11-7-5-8-12-22)26-31(2)17-18-34(19-25(35)39-20-34)42-33(31,4)27(36)28(32(21,26)3)41-30(38)23-13-9-6-10-14-23/h5-15,24,26-28,36H,16-20H2,1-4H3/t24-,26-,27+,28+,31+,32+,33+,34+/m1/s1. The molecule has 2 saturated heterocycles. The van der Waals surface area contributed by atoms with Crippen LogP contribution in [0.15, 0.2) is 72.3 Å². The van der Waals surface area contributed by atoms with Crippen LogP contribution in [-0.2, 0) is 23.7 Å². The van der Waals surface area contributed by atoms with E-state index in [1.54, 1.807) is 48.5 Å². The molecule has 1 spiro atoms. The molecule has 1 saturated carbocycles. The van der Waals surface area contributed by atoms with E-state index in [4.69, 9.17) is 18.9 Å². The molecule has 8 nitrogen and oxygen atoms in total. The first-order chi connectivity index (χ1) is 19.9. The van der Waals surface area contributed by atoms with Crippen LogP contribution < -0.4 is 0 Å². The average molecular weight is 575 g/mol. The molecule has 6 rings (SSSR count). The highest BCUT2D eigenvalue weighted by atomic mass is 16.6. The van der Waals surface area contributed by atoms with Crippen molar-refractivity contribution < 1.29 is 38.4 Å². The Hall–Kier alpha value is -3.49. The maximum Gasteiger partial charge on any atom is 0.338 e. The first kappa shape index (κ1) is 28.6. The molecule has 3 fully saturated rings. The fraction of sp³-hybridized carbons (Fsp3) is 0.500. The average Bonchev–Trinajstić information content (AvgIpc) is 3.35. The van der Waals surface area contributed by atoms with Gasteiger partial charge in [0.2, 0.25) is 0 Å². The number of cyclic esters (lactones) is 1. The number of esters is 3. The maximum atomic E-state index is 13.5. The fourth-order valence-corrected chi connectivity index (χ4v) is 8.23. The predicted octanol–water partition coefficient (Wildman–Crippen LogP) is 5.05. The van der Waals surface area contributed by atoms with Crippen molar-refractivity contribution in [1.29, 1.82) is 0 Å². The molecule has 222 valence electrons. The summed E-state index contributed by atoms with van der Waals surface area (Å²) in [5.74, 6) is -1.73. The predicted molar refractivity (Wildman–Crippen MR) is 152 cm³/mol. The summed E-state index contributed by atoms with van der Waals surface area (Å²) in [5.41, 5.74) is -2.01. The van der Waals surface area contributed by atoms with Gasteiger partial charge in [-0.25, -0.2) is 9.59 Å². The third-order valence-corrected chi connectivity index (χ3v) is 10.8. The first-order valence-corrected chi connectivity index (χ1v) is 14.7. The van der Waals surface area contributed by atoms with Gasteiger partial charge in [0.15, 0.2) is 0 Å². The van der Waals surface area contributed by atoms with Crippen molar-refractivity contribution in [2.24, 2.45) is 16.7 Å². The Morgan fingerprint density at radius 3 is 2.07 bits per heavy atom. The van der Waals surface area contributed by atoms with Gasteiger partial charge < -0.3 is 24.1 Å². The van der Waals surface area contributed by atoms with E-state index in [9.17, 15) is 19.5 Å². The Bertz CT molecular complexity index is 1420. The van der Waals surface area contributed by atoms with E-state index in [0.717, 1.165) is 5.57 Å². The van der Waals surface area contributed by atoms with Gasteiger partial charge in [0.25, 0.3) is 0 Å². The van der Waals surface area contributed by atoms with Gasteiger partial charge in [0, 0.05) is 23.2 Å². The van der Waals surface area contributed by atoms with E-state index in [1.807, 2.05) is 39.0 Å². The summed E-state index contributed by atoms with van der Waals surface area (Å²) in [6.07, 6.45) is 0.846. The van der Waals surface area contributed by atoms with Crippen LogP contribution in [0.2, 0.25) is 0 Å². The molecule has 0 bridgehead atoms. The van der Waals surface area contributed by atoms with Gasteiger partial charge in [0.05, 0.1) is 17.5 Å². The molecule has 0 unspecified atom stereocenters. The van der Waals surface area contributed by atoms with Crippen LogP contribution in [0, 0.1) is 16.7 Å². The third kappa shape index (κ3) is 4.21. The van der Waals surface area contributed by atoms with Gasteiger partial charge in [-0.3, -0.25) is 4.79 Å². The number of fused-ring (bicyclic) bond motifs is 3. The van der Waals surface area contributed by atoms with Gasteiger partial charge in [-0.2, -0.15) is 0 Å². The van der Waals surface area contributed by atoms with Crippen molar-refractivity contribution in [1.82, 2.24) is 0 Å². The summed E-state index contributed by atoms with van der Waals surface area (Å²) < 4.78 is 24.7.